The van der Waals surface area contributed by atoms with E-state index in [1.165, 1.54) is 0 Å². The molecule has 0 aliphatic carbocycles. The molecule has 0 saturated heterocycles. The maximum absolute atomic E-state index is 12.7. The largest absolute Gasteiger partial charge is 0.490 e. The van der Waals surface area contributed by atoms with E-state index in [9.17, 15) is 9.59 Å². The van der Waals surface area contributed by atoms with E-state index in [1.54, 1.807) is 13.0 Å². The van der Waals surface area contributed by atoms with Crippen molar-refractivity contribution in [2.45, 2.75) is 54.1 Å². The second-order valence-electron chi connectivity index (χ2n) is 6.95. The van der Waals surface area contributed by atoms with Gasteiger partial charge in [-0.1, -0.05) is 6.07 Å². The first-order chi connectivity index (χ1) is 14.3. The molecule has 0 fully saturated rings. The van der Waals surface area contributed by atoms with Gasteiger partial charge in [0.2, 0.25) is 5.91 Å². The highest BCUT2D eigenvalue weighted by Crippen LogP contribution is 2.30. The molecule has 1 heterocycles. The van der Waals surface area contributed by atoms with E-state index in [-0.39, 0.29) is 24.5 Å². The minimum absolute atomic E-state index is 0.122. The van der Waals surface area contributed by atoms with Gasteiger partial charge in [0.25, 0.3) is 0 Å². The van der Waals surface area contributed by atoms with E-state index < -0.39 is 0 Å². The highest BCUT2D eigenvalue weighted by Gasteiger charge is 2.19. The van der Waals surface area contributed by atoms with Crippen LogP contribution in [0, 0.1) is 13.8 Å². The van der Waals surface area contributed by atoms with Crippen LogP contribution in [0.3, 0.4) is 0 Å². The van der Waals surface area contributed by atoms with Gasteiger partial charge in [-0.2, -0.15) is 0 Å². The number of carbonyl (C=O) groups excluding carboxylic acids is 2. The predicted octanol–water partition coefficient (Wildman–Crippen LogP) is 3.96. The third kappa shape index (κ3) is 5.55. The summed E-state index contributed by atoms with van der Waals surface area (Å²) in [5.74, 6) is 0.829. The van der Waals surface area contributed by atoms with Crippen molar-refractivity contribution >= 4 is 11.9 Å². The summed E-state index contributed by atoms with van der Waals surface area (Å²) < 4.78 is 18.2. The van der Waals surface area contributed by atoms with Crippen LogP contribution in [0.2, 0.25) is 0 Å². The number of hydrogen-bond acceptors (Lipinski definition) is 5. The minimum Gasteiger partial charge on any atom is -0.490 e. The number of esters is 1. The van der Waals surface area contributed by atoms with Crippen molar-refractivity contribution in [2.75, 3.05) is 19.8 Å². The normalized spacial score (nSPS) is 11.7. The van der Waals surface area contributed by atoms with E-state index in [4.69, 9.17) is 14.2 Å². The number of aryl methyl sites for hydroxylation is 1. The summed E-state index contributed by atoms with van der Waals surface area (Å²) in [5.41, 5.74) is 2.96. The number of carbonyl (C=O) groups is 2. The zero-order valence-corrected chi connectivity index (χ0v) is 18.7. The van der Waals surface area contributed by atoms with E-state index in [0.29, 0.717) is 42.6 Å². The van der Waals surface area contributed by atoms with Crippen molar-refractivity contribution in [3.63, 3.8) is 0 Å². The monoisotopic (exact) mass is 416 g/mol. The van der Waals surface area contributed by atoms with Gasteiger partial charge in [0.05, 0.1) is 31.4 Å². The fraction of sp³-hybridized carbons (Fsp3) is 0.478. The molecule has 164 valence electrons. The first-order valence-corrected chi connectivity index (χ1v) is 10.3. The van der Waals surface area contributed by atoms with Gasteiger partial charge in [-0.25, -0.2) is 4.79 Å². The first-order valence-electron chi connectivity index (χ1n) is 10.3. The molecular formula is C23H32N2O5. The summed E-state index contributed by atoms with van der Waals surface area (Å²) in [4.78, 5) is 24.8. The topological polar surface area (TPSA) is 78.8 Å². The van der Waals surface area contributed by atoms with Crippen LogP contribution in [-0.2, 0) is 16.1 Å². The molecule has 0 spiro atoms. The molecule has 30 heavy (non-hydrogen) atoms. The van der Waals surface area contributed by atoms with Crippen LogP contribution >= 0.6 is 0 Å². The first kappa shape index (κ1) is 23.3. The Labute approximate surface area is 178 Å². The lowest BCUT2D eigenvalue weighted by molar-refractivity contribution is -0.122. The van der Waals surface area contributed by atoms with Crippen molar-refractivity contribution < 1.29 is 23.8 Å². The number of amides is 1. The quantitative estimate of drug-likeness (QED) is 0.593. The molecule has 1 aromatic heterocycles. The smallest absolute Gasteiger partial charge is 0.339 e. The zero-order valence-electron chi connectivity index (χ0n) is 18.7. The Morgan fingerprint density at radius 3 is 2.30 bits per heavy atom. The number of aromatic nitrogens is 1. The number of ether oxygens (including phenoxy) is 3. The van der Waals surface area contributed by atoms with Crippen LogP contribution in [0.5, 0.6) is 11.5 Å². The van der Waals surface area contributed by atoms with Gasteiger partial charge in [-0.3, -0.25) is 4.79 Å². The Kier molecular flexibility index (Phi) is 8.33. The molecule has 0 aliphatic rings. The average Bonchev–Trinajstić information content (AvgIpc) is 2.98. The summed E-state index contributed by atoms with van der Waals surface area (Å²) in [6, 6.07) is 7.21. The van der Waals surface area contributed by atoms with Gasteiger partial charge in [-0.15, -0.1) is 0 Å². The zero-order chi connectivity index (χ0) is 22.3. The number of benzene rings is 1. The molecule has 1 atom stereocenters. The van der Waals surface area contributed by atoms with Crippen LogP contribution in [0.1, 0.15) is 61.0 Å². The summed E-state index contributed by atoms with van der Waals surface area (Å²) in [6.07, 6.45) is 0. The number of rotatable bonds is 10. The standard InChI is InChI=1S/C23H32N2O5/c1-7-28-20-11-10-18(13-21(20)29-8-2)16(5)24-22(26)14-25-15(4)12-19(17(25)6)23(27)30-9-3/h10-13,16H,7-9,14H2,1-6H3,(H,24,26)/t16-/m0/s1. The summed E-state index contributed by atoms with van der Waals surface area (Å²) in [6.45, 7) is 12.7. The second kappa shape index (κ2) is 10.7. The molecular weight excluding hydrogens is 384 g/mol. The molecule has 0 unspecified atom stereocenters. The second-order valence-corrected chi connectivity index (χ2v) is 6.95. The molecule has 7 heteroatoms. The number of nitrogens with one attached hydrogen (secondary N) is 1. The maximum Gasteiger partial charge on any atom is 0.339 e. The highest BCUT2D eigenvalue weighted by atomic mass is 16.5. The third-order valence-corrected chi connectivity index (χ3v) is 4.82. The molecule has 2 rings (SSSR count). The fourth-order valence-electron chi connectivity index (χ4n) is 3.31. The lowest BCUT2D eigenvalue weighted by atomic mass is 10.1. The number of nitrogens with zero attached hydrogens (tertiary/aromatic N) is 1. The lowest BCUT2D eigenvalue weighted by Crippen LogP contribution is -2.30. The summed E-state index contributed by atoms with van der Waals surface area (Å²) >= 11 is 0. The molecule has 2 aromatic rings. The molecule has 0 saturated carbocycles. The van der Waals surface area contributed by atoms with Crippen LogP contribution < -0.4 is 14.8 Å². The lowest BCUT2D eigenvalue weighted by Gasteiger charge is -2.18. The Balaban J connectivity index is 2.11. The Morgan fingerprint density at radius 1 is 1.00 bits per heavy atom. The molecule has 1 aromatic carbocycles. The molecule has 0 bridgehead atoms. The van der Waals surface area contributed by atoms with Crippen LogP contribution in [0.25, 0.3) is 0 Å². The molecule has 1 N–H and O–H groups in total. The van der Waals surface area contributed by atoms with Crippen LogP contribution in [-0.4, -0.2) is 36.3 Å². The number of hydrogen-bond donors (Lipinski definition) is 1. The van der Waals surface area contributed by atoms with Crippen LogP contribution in [0.15, 0.2) is 24.3 Å². The SMILES string of the molecule is CCOC(=O)c1cc(C)n(CC(=O)N[C@@H](C)c2ccc(OCC)c(OCC)c2)c1C. The van der Waals surface area contributed by atoms with Gasteiger partial charge in [0.1, 0.15) is 6.54 Å². The van der Waals surface area contributed by atoms with E-state index in [0.717, 1.165) is 11.3 Å². The highest BCUT2D eigenvalue weighted by molar-refractivity contribution is 5.91. The maximum atomic E-state index is 12.7. The summed E-state index contributed by atoms with van der Waals surface area (Å²) in [5, 5.41) is 3.01. The van der Waals surface area contributed by atoms with Gasteiger partial charge in [-0.05, 0) is 65.3 Å². The third-order valence-electron chi connectivity index (χ3n) is 4.82. The summed E-state index contributed by atoms with van der Waals surface area (Å²) in [7, 11) is 0. The Bertz CT molecular complexity index is 888. The van der Waals surface area contributed by atoms with Gasteiger partial charge < -0.3 is 24.1 Å². The minimum atomic E-state index is -0.372. The van der Waals surface area contributed by atoms with Crippen molar-refractivity contribution in [3.05, 3.63) is 46.8 Å². The molecule has 0 radical (unpaired) electrons. The molecule has 1 amide bonds. The van der Waals surface area contributed by atoms with Gasteiger partial charge in [0, 0.05) is 11.4 Å². The average molecular weight is 417 g/mol. The van der Waals surface area contributed by atoms with Crippen molar-refractivity contribution in [3.8, 4) is 11.5 Å². The Hall–Kier alpha value is -2.96. The fourth-order valence-corrected chi connectivity index (χ4v) is 3.31. The van der Waals surface area contributed by atoms with Crippen molar-refractivity contribution in [2.24, 2.45) is 0 Å². The predicted molar refractivity (Wildman–Crippen MR) is 115 cm³/mol. The van der Waals surface area contributed by atoms with Crippen molar-refractivity contribution in [1.82, 2.24) is 9.88 Å². The van der Waals surface area contributed by atoms with Crippen molar-refractivity contribution in [1.29, 1.82) is 0 Å². The van der Waals surface area contributed by atoms with E-state index in [1.807, 2.05) is 57.4 Å². The van der Waals surface area contributed by atoms with Gasteiger partial charge >= 0.3 is 5.97 Å². The van der Waals surface area contributed by atoms with Crippen LogP contribution in [0.4, 0.5) is 0 Å². The molecule has 7 nitrogen and oxygen atoms in total. The van der Waals surface area contributed by atoms with E-state index in [2.05, 4.69) is 5.32 Å². The Morgan fingerprint density at radius 2 is 1.67 bits per heavy atom. The van der Waals surface area contributed by atoms with E-state index >= 15 is 0 Å². The molecule has 0 aliphatic heterocycles. The van der Waals surface area contributed by atoms with Gasteiger partial charge in [0.15, 0.2) is 11.5 Å².